The minimum Gasteiger partial charge on any atom is -0.508 e. The van der Waals surface area contributed by atoms with E-state index < -0.39 is 0 Å². The van der Waals surface area contributed by atoms with Crippen LogP contribution in [0.4, 0.5) is 5.69 Å². The van der Waals surface area contributed by atoms with Gasteiger partial charge in [0, 0.05) is 12.2 Å². The smallest absolute Gasteiger partial charge is 0.241 e. The molecule has 98 valence electrons. The number of aromatic hydroxyl groups is 1. The average Bonchev–Trinajstić information content (AvgIpc) is 2.31. The lowest BCUT2D eigenvalue weighted by molar-refractivity contribution is -0.116. The van der Waals surface area contributed by atoms with E-state index in [4.69, 9.17) is 11.6 Å². The largest absolute Gasteiger partial charge is 0.508 e. The molecular weight excluding hydrogens is 250 g/mol. The molecule has 1 aromatic carbocycles. The summed E-state index contributed by atoms with van der Waals surface area (Å²) < 4.78 is 0. The number of carbonyl (C=O) groups is 1. The fourth-order valence-electron chi connectivity index (χ4n) is 2.16. The van der Waals surface area contributed by atoms with Crippen molar-refractivity contribution in [2.75, 3.05) is 17.3 Å². The summed E-state index contributed by atoms with van der Waals surface area (Å²) in [6.45, 7) is 2.56. The minimum absolute atomic E-state index is 0.00730. The molecule has 0 bridgehead atoms. The molecule has 0 aliphatic heterocycles. The molecule has 0 aromatic heterocycles. The highest BCUT2D eigenvalue weighted by Gasteiger charge is 2.24. The fraction of sp³-hybridized carbons (Fsp3) is 0.500. The molecule has 0 saturated heterocycles. The molecule has 4 heteroatoms. The third-order valence-electron chi connectivity index (χ3n) is 3.57. The normalized spacial score (nSPS) is 15.2. The summed E-state index contributed by atoms with van der Waals surface area (Å²) in [5, 5.41) is 9.53. The van der Waals surface area contributed by atoms with Crippen molar-refractivity contribution >= 4 is 23.2 Å². The molecule has 0 spiro atoms. The van der Waals surface area contributed by atoms with Crippen LogP contribution in [-0.2, 0) is 4.79 Å². The van der Waals surface area contributed by atoms with E-state index in [9.17, 15) is 9.90 Å². The maximum Gasteiger partial charge on any atom is 0.241 e. The molecule has 0 unspecified atom stereocenters. The van der Waals surface area contributed by atoms with Gasteiger partial charge in [0.1, 0.15) is 11.6 Å². The second-order valence-electron chi connectivity index (χ2n) is 4.91. The zero-order valence-corrected chi connectivity index (χ0v) is 11.3. The van der Waals surface area contributed by atoms with Gasteiger partial charge in [-0.1, -0.05) is 6.42 Å². The molecule has 1 N–H and O–H groups in total. The Labute approximate surface area is 112 Å². The quantitative estimate of drug-likeness (QED) is 0.852. The Morgan fingerprint density at radius 1 is 1.50 bits per heavy atom. The van der Waals surface area contributed by atoms with E-state index >= 15 is 0 Å². The summed E-state index contributed by atoms with van der Waals surface area (Å²) in [4.78, 5) is 13.7. The molecule has 1 aromatic rings. The second kappa shape index (κ2) is 5.61. The van der Waals surface area contributed by atoms with Gasteiger partial charge < -0.3 is 10.0 Å². The van der Waals surface area contributed by atoms with Crippen molar-refractivity contribution in [3.63, 3.8) is 0 Å². The van der Waals surface area contributed by atoms with Crippen molar-refractivity contribution in [3.05, 3.63) is 23.8 Å². The third-order valence-corrected chi connectivity index (χ3v) is 3.80. The van der Waals surface area contributed by atoms with Crippen molar-refractivity contribution in [3.8, 4) is 5.75 Å². The fourth-order valence-corrected chi connectivity index (χ4v) is 2.31. The number of hydrogen-bond acceptors (Lipinski definition) is 2. The van der Waals surface area contributed by atoms with Crippen LogP contribution < -0.4 is 4.90 Å². The minimum atomic E-state index is -0.0753. The van der Waals surface area contributed by atoms with Gasteiger partial charge in [-0.3, -0.25) is 4.79 Å². The molecule has 3 nitrogen and oxygen atoms in total. The topological polar surface area (TPSA) is 40.5 Å². The molecule has 1 amide bonds. The number of benzene rings is 1. The second-order valence-corrected chi connectivity index (χ2v) is 5.17. The molecule has 1 saturated carbocycles. The summed E-state index contributed by atoms with van der Waals surface area (Å²) >= 11 is 5.67. The number of nitrogens with zero attached hydrogens (tertiary/aromatic N) is 1. The SMILES string of the molecule is Cc1cc(N(CC2CCC2)C(=O)CCl)ccc1O. The van der Waals surface area contributed by atoms with Crippen molar-refractivity contribution in [2.45, 2.75) is 26.2 Å². The van der Waals surface area contributed by atoms with Gasteiger partial charge in [0.25, 0.3) is 0 Å². The summed E-state index contributed by atoms with van der Waals surface area (Å²) in [6.07, 6.45) is 3.62. The lowest BCUT2D eigenvalue weighted by atomic mass is 9.85. The number of amides is 1. The van der Waals surface area contributed by atoms with Gasteiger partial charge in [-0.05, 0) is 49.4 Å². The molecule has 0 atom stereocenters. The predicted molar refractivity (Wildman–Crippen MR) is 73.3 cm³/mol. The Morgan fingerprint density at radius 3 is 2.72 bits per heavy atom. The van der Waals surface area contributed by atoms with Crippen molar-refractivity contribution in [2.24, 2.45) is 5.92 Å². The number of rotatable bonds is 4. The van der Waals surface area contributed by atoms with Crippen LogP contribution in [0.3, 0.4) is 0 Å². The summed E-state index contributed by atoms with van der Waals surface area (Å²) in [6, 6.07) is 5.23. The van der Waals surface area contributed by atoms with E-state index in [0.717, 1.165) is 17.8 Å². The highest BCUT2D eigenvalue weighted by atomic mass is 35.5. The number of anilines is 1. The molecule has 18 heavy (non-hydrogen) atoms. The zero-order valence-electron chi connectivity index (χ0n) is 10.5. The Hall–Kier alpha value is -1.22. The van der Waals surface area contributed by atoms with Gasteiger partial charge in [-0.2, -0.15) is 0 Å². The standard InChI is InChI=1S/C14H18ClNO2/c1-10-7-12(5-6-13(10)17)16(14(18)8-15)9-11-3-2-4-11/h5-7,11,17H,2-4,8-9H2,1H3. The van der Waals surface area contributed by atoms with E-state index in [1.165, 1.54) is 19.3 Å². The van der Waals surface area contributed by atoms with Crippen molar-refractivity contribution < 1.29 is 9.90 Å². The van der Waals surface area contributed by atoms with Crippen LogP contribution in [0.2, 0.25) is 0 Å². The number of carbonyl (C=O) groups excluding carboxylic acids is 1. The first-order chi connectivity index (χ1) is 8.61. The maximum absolute atomic E-state index is 11.9. The Kier molecular flexibility index (Phi) is 4.12. The third kappa shape index (κ3) is 2.78. The molecule has 0 radical (unpaired) electrons. The van der Waals surface area contributed by atoms with E-state index in [2.05, 4.69) is 0 Å². The number of hydrogen-bond donors (Lipinski definition) is 1. The van der Waals surface area contributed by atoms with E-state index in [1.807, 2.05) is 13.0 Å². The first-order valence-electron chi connectivity index (χ1n) is 6.27. The number of phenolic OH excluding ortho intramolecular Hbond substituents is 1. The molecule has 1 aliphatic carbocycles. The van der Waals surface area contributed by atoms with Crippen molar-refractivity contribution in [1.29, 1.82) is 0 Å². The van der Waals surface area contributed by atoms with Crippen LogP contribution in [-0.4, -0.2) is 23.4 Å². The average molecular weight is 268 g/mol. The summed E-state index contributed by atoms with van der Waals surface area (Å²) in [5.41, 5.74) is 1.59. The van der Waals surface area contributed by atoms with E-state index in [1.54, 1.807) is 17.0 Å². The number of aryl methyl sites for hydroxylation is 1. The van der Waals surface area contributed by atoms with Crippen LogP contribution in [0.25, 0.3) is 0 Å². The molecule has 1 aliphatic rings. The number of alkyl halides is 1. The van der Waals surface area contributed by atoms with E-state index in [-0.39, 0.29) is 17.5 Å². The number of halogens is 1. The first-order valence-corrected chi connectivity index (χ1v) is 6.81. The lowest BCUT2D eigenvalue weighted by Gasteiger charge is -2.32. The highest BCUT2D eigenvalue weighted by molar-refractivity contribution is 6.29. The van der Waals surface area contributed by atoms with Gasteiger partial charge in [-0.25, -0.2) is 0 Å². The predicted octanol–water partition coefficient (Wildman–Crippen LogP) is 3.07. The Balaban J connectivity index is 2.20. The molecule has 1 fully saturated rings. The zero-order chi connectivity index (χ0) is 13.1. The summed E-state index contributed by atoms with van der Waals surface area (Å²) in [5.74, 6) is 0.757. The first kappa shape index (κ1) is 13.2. The summed E-state index contributed by atoms with van der Waals surface area (Å²) in [7, 11) is 0. The van der Waals surface area contributed by atoms with Gasteiger partial charge >= 0.3 is 0 Å². The van der Waals surface area contributed by atoms with Gasteiger partial charge in [0.2, 0.25) is 5.91 Å². The Bertz CT molecular complexity index is 443. The molecule has 2 rings (SSSR count). The maximum atomic E-state index is 11.9. The lowest BCUT2D eigenvalue weighted by Crippen LogP contribution is -2.38. The number of phenols is 1. The van der Waals surface area contributed by atoms with Crippen molar-refractivity contribution in [1.82, 2.24) is 0 Å². The van der Waals surface area contributed by atoms with Crippen LogP contribution in [0.1, 0.15) is 24.8 Å². The highest BCUT2D eigenvalue weighted by Crippen LogP contribution is 2.30. The molecular formula is C14H18ClNO2. The molecule has 0 heterocycles. The van der Waals surface area contributed by atoms with Crippen LogP contribution >= 0.6 is 11.6 Å². The van der Waals surface area contributed by atoms with Gasteiger partial charge in [0.15, 0.2) is 0 Å². The monoisotopic (exact) mass is 267 g/mol. The van der Waals surface area contributed by atoms with Crippen LogP contribution in [0, 0.1) is 12.8 Å². The van der Waals surface area contributed by atoms with Crippen LogP contribution in [0.15, 0.2) is 18.2 Å². The van der Waals surface area contributed by atoms with Gasteiger partial charge in [-0.15, -0.1) is 11.6 Å². The Morgan fingerprint density at radius 2 is 2.22 bits per heavy atom. The van der Waals surface area contributed by atoms with E-state index in [0.29, 0.717) is 5.92 Å². The van der Waals surface area contributed by atoms with Crippen LogP contribution in [0.5, 0.6) is 5.75 Å². The van der Waals surface area contributed by atoms with Gasteiger partial charge in [0.05, 0.1) is 0 Å².